The van der Waals surface area contributed by atoms with Gasteiger partial charge >= 0.3 is 0 Å². The molecule has 31 heavy (non-hydrogen) atoms. The van der Waals surface area contributed by atoms with E-state index in [1.165, 1.54) is 11.3 Å². The number of nitrogens with one attached hydrogen (secondary N) is 2. The molecule has 8 nitrogen and oxygen atoms in total. The lowest BCUT2D eigenvalue weighted by atomic mass is 10.0. The zero-order chi connectivity index (χ0) is 22.0. The van der Waals surface area contributed by atoms with Gasteiger partial charge in [-0.15, -0.1) is 11.3 Å². The molecule has 1 unspecified atom stereocenters. The monoisotopic (exact) mass is 433 g/mol. The molecular formula is C22H19N5O3S. The van der Waals surface area contributed by atoms with Gasteiger partial charge in [0.15, 0.2) is 5.69 Å². The normalized spacial score (nSPS) is 11.9. The number of pyridine rings is 1. The Hall–Kier alpha value is -3.85. The fourth-order valence-corrected chi connectivity index (χ4v) is 4.41. The van der Waals surface area contributed by atoms with E-state index in [0.717, 1.165) is 15.6 Å². The van der Waals surface area contributed by atoms with E-state index in [0.29, 0.717) is 17.0 Å². The predicted octanol–water partition coefficient (Wildman–Crippen LogP) is 2.39. The number of fused-ring (bicyclic) bond motifs is 1. The van der Waals surface area contributed by atoms with Crippen LogP contribution in [0.4, 0.5) is 0 Å². The number of carbonyl (C=O) groups is 3. The maximum atomic E-state index is 13.1. The van der Waals surface area contributed by atoms with Crippen LogP contribution >= 0.6 is 11.3 Å². The number of aromatic amines is 1. The van der Waals surface area contributed by atoms with Crippen LogP contribution in [0.3, 0.4) is 0 Å². The van der Waals surface area contributed by atoms with Crippen molar-refractivity contribution in [2.45, 2.75) is 19.4 Å². The minimum absolute atomic E-state index is 0.0913. The molecule has 9 heteroatoms. The fraction of sp³-hybridized carbons (Fsp3) is 0.136. The minimum Gasteiger partial charge on any atom is -0.363 e. The molecule has 0 saturated heterocycles. The van der Waals surface area contributed by atoms with E-state index in [9.17, 15) is 14.4 Å². The van der Waals surface area contributed by atoms with Crippen molar-refractivity contribution in [2.75, 3.05) is 0 Å². The molecule has 0 radical (unpaired) electrons. The Bertz CT molecular complexity index is 1280. The van der Waals surface area contributed by atoms with Crippen molar-refractivity contribution in [1.29, 1.82) is 0 Å². The van der Waals surface area contributed by atoms with Gasteiger partial charge in [-0.25, -0.2) is 0 Å². The molecule has 3 aromatic heterocycles. The van der Waals surface area contributed by atoms with Gasteiger partial charge in [-0.05, 0) is 41.5 Å². The van der Waals surface area contributed by atoms with Crippen LogP contribution in [0.2, 0.25) is 0 Å². The summed E-state index contributed by atoms with van der Waals surface area (Å²) in [5, 5.41) is 12.4. The van der Waals surface area contributed by atoms with Crippen molar-refractivity contribution < 1.29 is 14.4 Å². The van der Waals surface area contributed by atoms with Gasteiger partial charge in [0.1, 0.15) is 6.04 Å². The molecular weight excluding hydrogens is 414 g/mol. The average Bonchev–Trinajstić information content (AvgIpc) is 3.37. The van der Waals surface area contributed by atoms with E-state index in [4.69, 9.17) is 5.73 Å². The molecule has 0 aliphatic heterocycles. The summed E-state index contributed by atoms with van der Waals surface area (Å²) in [6.07, 6.45) is 1.75. The lowest BCUT2D eigenvalue weighted by molar-refractivity contribution is -0.137. The van der Waals surface area contributed by atoms with Gasteiger partial charge in [0.2, 0.25) is 5.78 Å². The topological polar surface area (TPSA) is 131 Å². The zero-order valence-corrected chi connectivity index (χ0v) is 17.4. The number of amides is 2. The fourth-order valence-electron chi connectivity index (χ4n) is 3.44. The highest BCUT2D eigenvalue weighted by Gasteiger charge is 2.29. The first-order valence-electron chi connectivity index (χ1n) is 9.51. The van der Waals surface area contributed by atoms with Gasteiger partial charge in [-0.2, -0.15) is 5.10 Å². The van der Waals surface area contributed by atoms with Crippen molar-refractivity contribution in [2.24, 2.45) is 5.73 Å². The van der Waals surface area contributed by atoms with Crippen molar-refractivity contribution in [1.82, 2.24) is 20.5 Å². The molecule has 4 aromatic rings. The number of nitrogens with zero attached hydrogens (tertiary/aromatic N) is 2. The number of thiophene rings is 1. The van der Waals surface area contributed by atoms with E-state index in [1.54, 1.807) is 31.3 Å². The molecule has 1 atom stereocenters. The maximum absolute atomic E-state index is 13.1. The number of H-pyrrole nitrogens is 1. The second-order valence-corrected chi connectivity index (χ2v) is 7.91. The molecule has 156 valence electrons. The van der Waals surface area contributed by atoms with Gasteiger partial charge in [0.05, 0.1) is 11.3 Å². The van der Waals surface area contributed by atoms with Gasteiger partial charge in [0, 0.05) is 23.0 Å². The van der Waals surface area contributed by atoms with Crippen molar-refractivity contribution in [3.63, 3.8) is 0 Å². The average molecular weight is 433 g/mol. The smallest absolute Gasteiger partial charge is 0.287 e. The number of hydrogen-bond acceptors (Lipinski definition) is 6. The Labute approximate surface area is 181 Å². The number of aryl methyl sites for hydroxylation is 1. The standard InChI is InChI=1S/C22H19N5O3S/c1-12-18(15-7-4-5-9-24-15)19(27-26-12)22(30)25-16(20(28)21(23)29)10-13-11-31-17-8-3-2-6-14(13)17/h2-9,11,16H,10H2,1H3,(H2,23,29)(H,25,30)(H,26,27). The molecule has 4 N–H and O–H groups in total. The maximum Gasteiger partial charge on any atom is 0.287 e. The number of benzene rings is 1. The van der Waals surface area contributed by atoms with Crippen LogP contribution in [0.1, 0.15) is 21.7 Å². The summed E-state index contributed by atoms with van der Waals surface area (Å²) in [5.41, 5.74) is 7.95. The van der Waals surface area contributed by atoms with E-state index in [2.05, 4.69) is 20.5 Å². The van der Waals surface area contributed by atoms with Crippen LogP contribution in [0.15, 0.2) is 54.0 Å². The highest BCUT2D eigenvalue weighted by atomic mass is 32.1. The zero-order valence-electron chi connectivity index (χ0n) is 16.6. The minimum atomic E-state index is -1.11. The number of nitrogens with two attached hydrogens (primary N) is 1. The number of primary amides is 1. The van der Waals surface area contributed by atoms with Crippen LogP contribution in [0, 0.1) is 6.92 Å². The summed E-state index contributed by atoms with van der Waals surface area (Å²) < 4.78 is 1.05. The summed E-state index contributed by atoms with van der Waals surface area (Å²) in [4.78, 5) is 41.5. The summed E-state index contributed by atoms with van der Waals surface area (Å²) in [6, 6.07) is 11.9. The van der Waals surface area contributed by atoms with Crippen LogP contribution in [0.5, 0.6) is 0 Å². The highest BCUT2D eigenvalue weighted by Crippen LogP contribution is 2.27. The lowest BCUT2D eigenvalue weighted by Gasteiger charge is -2.16. The number of ketones is 1. The molecule has 0 aliphatic carbocycles. The Kier molecular flexibility index (Phi) is 5.59. The predicted molar refractivity (Wildman–Crippen MR) is 118 cm³/mol. The first-order valence-corrected chi connectivity index (χ1v) is 10.4. The van der Waals surface area contributed by atoms with Gasteiger partial charge in [-0.3, -0.25) is 24.5 Å². The molecule has 0 saturated carbocycles. The highest BCUT2D eigenvalue weighted by molar-refractivity contribution is 7.17. The largest absolute Gasteiger partial charge is 0.363 e. The quantitative estimate of drug-likeness (QED) is 0.385. The molecule has 0 bridgehead atoms. The number of carbonyl (C=O) groups excluding carboxylic acids is 3. The number of rotatable bonds is 7. The SMILES string of the molecule is Cc1[nH]nc(C(=O)NC(Cc2csc3ccccc23)C(=O)C(N)=O)c1-c1ccccn1. The van der Waals surface area contributed by atoms with Crippen molar-refractivity contribution >= 4 is 39.0 Å². The summed E-state index contributed by atoms with van der Waals surface area (Å²) in [5.74, 6) is -2.56. The number of hydrogen-bond donors (Lipinski definition) is 3. The summed E-state index contributed by atoms with van der Waals surface area (Å²) in [7, 11) is 0. The van der Waals surface area contributed by atoms with Gasteiger partial charge in [0.25, 0.3) is 11.8 Å². The third kappa shape index (κ3) is 4.08. The van der Waals surface area contributed by atoms with Crippen LogP contribution in [-0.2, 0) is 16.0 Å². The van der Waals surface area contributed by atoms with Crippen molar-refractivity contribution in [3.05, 3.63) is 71.0 Å². The second kappa shape index (κ2) is 8.49. The molecule has 0 fully saturated rings. The van der Waals surface area contributed by atoms with E-state index < -0.39 is 23.6 Å². The van der Waals surface area contributed by atoms with Gasteiger partial charge < -0.3 is 11.1 Å². The van der Waals surface area contributed by atoms with E-state index in [-0.39, 0.29) is 12.1 Å². The first kappa shape index (κ1) is 20.4. The number of Topliss-reactive ketones (excluding diaryl/α,β-unsaturated/α-hetero) is 1. The van der Waals surface area contributed by atoms with E-state index in [1.807, 2.05) is 29.6 Å². The summed E-state index contributed by atoms with van der Waals surface area (Å²) in [6.45, 7) is 1.78. The van der Waals surface area contributed by atoms with Crippen LogP contribution in [0.25, 0.3) is 21.3 Å². The number of aromatic nitrogens is 3. The molecule has 4 rings (SSSR count). The van der Waals surface area contributed by atoms with E-state index >= 15 is 0 Å². The van der Waals surface area contributed by atoms with Crippen molar-refractivity contribution in [3.8, 4) is 11.3 Å². The molecule has 3 heterocycles. The third-order valence-corrected chi connectivity index (χ3v) is 5.95. The van der Waals surface area contributed by atoms with Crippen LogP contribution < -0.4 is 11.1 Å². The summed E-state index contributed by atoms with van der Waals surface area (Å²) >= 11 is 1.53. The first-order chi connectivity index (χ1) is 15.0. The third-order valence-electron chi connectivity index (χ3n) is 4.93. The molecule has 1 aromatic carbocycles. The molecule has 0 spiro atoms. The van der Waals surface area contributed by atoms with Gasteiger partial charge in [-0.1, -0.05) is 24.3 Å². The molecule has 2 amide bonds. The Balaban J connectivity index is 1.65. The Morgan fingerprint density at radius 1 is 1.16 bits per heavy atom. The molecule has 0 aliphatic rings. The Morgan fingerprint density at radius 3 is 2.68 bits per heavy atom. The second-order valence-electron chi connectivity index (χ2n) is 7.00. The van der Waals surface area contributed by atoms with Crippen LogP contribution in [-0.4, -0.2) is 38.8 Å². The Morgan fingerprint density at radius 2 is 1.94 bits per heavy atom. The lowest BCUT2D eigenvalue weighted by Crippen LogP contribution is -2.47.